The zero-order chi connectivity index (χ0) is 20.4. The molecule has 0 spiro atoms. The summed E-state index contributed by atoms with van der Waals surface area (Å²) in [7, 11) is 3.31. The highest BCUT2D eigenvalue weighted by Gasteiger charge is 2.05. The average molecular weight is 387 g/mol. The van der Waals surface area contributed by atoms with E-state index in [0.717, 1.165) is 42.2 Å². The molecule has 0 aliphatic carbocycles. The Morgan fingerprint density at radius 1 is 1.18 bits per heavy atom. The van der Waals surface area contributed by atoms with Crippen LogP contribution >= 0.6 is 0 Å². The van der Waals surface area contributed by atoms with Gasteiger partial charge < -0.3 is 20.7 Å². The van der Waals surface area contributed by atoms with Crippen LogP contribution < -0.4 is 20.7 Å². The van der Waals surface area contributed by atoms with Gasteiger partial charge in [0, 0.05) is 32.4 Å². The number of benzene rings is 1. The zero-order valence-electron chi connectivity index (χ0n) is 17.1. The van der Waals surface area contributed by atoms with Crippen molar-refractivity contribution in [2.24, 2.45) is 4.99 Å². The summed E-state index contributed by atoms with van der Waals surface area (Å²) in [6, 6.07) is 9.67. The number of aromatic nitrogens is 2. The van der Waals surface area contributed by atoms with E-state index in [2.05, 4.69) is 39.0 Å². The molecular weight excluding hydrogens is 356 g/mol. The SMILES string of the molecule is CN=C(NCCCn1nc(C)cc1C)NCC(=O)NCc1ccc(OC)cc1. The van der Waals surface area contributed by atoms with Crippen molar-refractivity contribution in [2.75, 3.05) is 27.2 Å². The smallest absolute Gasteiger partial charge is 0.239 e. The monoisotopic (exact) mass is 386 g/mol. The average Bonchev–Trinajstić information content (AvgIpc) is 3.03. The molecule has 0 saturated carbocycles. The van der Waals surface area contributed by atoms with Crippen LogP contribution in [0.3, 0.4) is 0 Å². The van der Waals surface area contributed by atoms with Gasteiger partial charge in [-0.25, -0.2) is 0 Å². The van der Waals surface area contributed by atoms with Crippen molar-refractivity contribution >= 4 is 11.9 Å². The molecule has 152 valence electrons. The summed E-state index contributed by atoms with van der Waals surface area (Å²) in [5.41, 5.74) is 3.21. The van der Waals surface area contributed by atoms with E-state index in [1.807, 2.05) is 35.9 Å². The number of amides is 1. The Morgan fingerprint density at radius 3 is 2.54 bits per heavy atom. The lowest BCUT2D eigenvalue weighted by atomic mass is 10.2. The van der Waals surface area contributed by atoms with E-state index in [1.165, 1.54) is 0 Å². The van der Waals surface area contributed by atoms with E-state index in [9.17, 15) is 4.79 Å². The lowest BCUT2D eigenvalue weighted by Gasteiger charge is -2.12. The van der Waals surface area contributed by atoms with Crippen molar-refractivity contribution in [2.45, 2.75) is 33.4 Å². The maximum atomic E-state index is 12.0. The molecule has 0 fully saturated rings. The number of aryl methyl sites for hydroxylation is 3. The number of rotatable bonds is 9. The molecule has 0 radical (unpaired) electrons. The molecule has 0 saturated heterocycles. The molecule has 1 aromatic carbocycles. The molecule has 0 atom stereocenters. The first-order chi connectivity index (χ1) is 13.5. The lowest BCUT2D eigenvalue weighted by Crippen LogP contribution is -2.43. The molecule has 1 heterocycles. The van der Waals surface area contributed by atoms with Crippen molar-refractivity contribution in [3.8, 4) is 5.75 Å². The molecule has 0 aliphatic rings. The number of carbonyl (C=O) groups excluding carboxylic acids is 1. The second-order valence-corrected chi connectivity index (χ2v) is 6.48. The molecule has 0 bridgehead atoms. The number of methoxy groups -OCH3 is 1. The largest absolute Gasteiger partial charge is 0.497 e. The van der Waals surface area contributed by atoms with E-state index >= 15 is 0 Å². The van der Waals surface area contributed by atoms with Crippen LogP contribution in [0.25, 0.3) is 0 Å². The minimum absolute atomic E-state index is 0.0959. The lowest BCUT2D eigenvalue weighted by molar-refractivity contribution is -0.120. The summed E-state index contributed by atoms with van der Waals surface area (Å²) in [6.07, 6.45) is 0.909. The minimum Gasteiger partial charge on any atom is -0.497 e. The number of carbonyl (C=O) groups is 1. The molecule has 2 rings (SSSR count). The fourth-order valence-electron chi connectivity index (χ4n) is 2.73. The highest BCUT2D eigenvalue weighted by atomic mass is 16.5. The Bertz CT molecular complexity index is 782. The van der Waals surface area contributed by atoms with Crippen LogP contribution in [0.5, 0.6) is 5.75 Å². The second-order valence-electron chi connectivity index (χ2n) is 6.48. The summed E-state index contributed by atoms with van der Waals surface area (Å²) in [5.74, 6) is 1.30. The summed E-state index contributed by atoms with van der Waals surface area (Å²) >= 11 is 0. The molecule has 8 nitrogen and oxygen atoms in total. The first kappa shape index (κ1) is 21.3. The van der Waals surface area contributed by atoms with Gasteiger partial charge in [-0.05, 0) is 44.0 Å². The van der Waals surface area contributed by atoms with E-state index in [1.54, 1.807) is 14.2 Å². The van der Waals surface area contributed by atoms with Gasteiger partial charge in [0.2, 0.25) is 5.91 Å². The highest BCUT2D eigenvalue weighted by Crippen LogP contribution is 2.10. The third-order valence-corrected chi connectivity index (χ3v) is 4.23. The number of aliphatic imine (C=N–C) groups is 1. The van der Waals surface area contributed by atoms with Crippen LogP contribution in [0.1, 0.15) is 23.4 Å². The van der Waals surface area contributed by atoms with Crippen LogP contribution in [0, 0.1) is 13.8 Å². The summed E-state index contributed by atoms with van der Waals surface area (Å²) in [6.45, 7) is 6.26. The van der Waals surface area contributed by atoms with E-state index in [0.29, 0.717) is 12.5 Å². The van der Waals surface area contributed by atoms with Crippen LogP contribution in [0.4, 0.5) is 0 Å². The van der Waals surface area contributed by atoms with Crippen LogP contribution in [-0.4, -0.2) is 48.9 Å². The number of guanidine groups is 1. The quantitative estimate of drug-likeness (QED) is 0.344. The number of hydrogen-bond acceptors (Lipinski definition) is 4. The Kier molecular flexibility index (Phi) is 8.33. The van der Waals surface area contributed by atoms with Crippen molar-refractivity contribution in [3.63, 3.8) is 0 Å². The second kappa shape index (κ2) is 11.0. The standard InChI is InChI=1S/C20H30N6O2/c1-15-12-16(2)26(25-15)11-5-10-22-20(21-3)24-14-19(27)23-13-17-6-8-18(28-4)9-7-17/h6-9,12H,5,10-11,13-14H2,1-4H3,(H,23,27)(H2,21,22,24). The van der Waals surface area contributed by atoms with Crippen LogP contribution in [-0.2, 0) is 17.9 Å². The fourth-order valence-corrected chi connectivity index (χ4v) is 2.73. The molecule has 8 heteroatoms. The Balaban J connectivity index is 1.63. The Morgan fingerprint density at radius 2 is 1.93 bits per heavy atom. The Hall–Kier alpha value is -3.03. The summed E-state index contributed by atoms with van der Waals surface area (Å²) in [5, 5.41) is 13.6. The van der Waals surface area contributed by atoms with Gasteiger partial charge in [-0.2, -0.15) is 5.10 Å². The van der Waals surface area contributed by atoms with Crippen molar-refractivity contribution < 1.29 is 9.53 Å². The maximum Gasteiger partial charge on any atom is 0.239 e. The van der Waals surface area contributed by atoms with E-state index in [4.69, 9.17) is 4.74 Å². The van der Waals surface area contributed by atoms with Gasteiger partial charge in [0.15, 0.2) is 5.96 Å². The van der Waals surface area contributed by atoms with Crippen molar-refractivity contribution in [3.05, 3.63) is 47.3 Å². The van der Waals surface area contributed by atoms with Crippen molar-refractivity contribution in [1.29, 1.82) is 0 Å². The molecular formula is C20H30N6O2. The molecule has 0 aliphatic heterocycles. The van der Waals surface area contributed by atoms with Gasteiger partial charge in [0.25, 0.3) is 0 Å². The van der Waals surface area contributed by atoms with Gasteiger partial charge in [-0.15, -0.1) is 0 Å². The fraction of sp³-hybridized carbons (Fsp3) is 0.450. The summed E-state index contributed by atoms with van der Waals surface area (Å²) in [4.78, 5) is 16.2. The van der Waals surface area contributed by atoms with Gasteiger partial charge in [0.1, 0.15) is 5.75 Å². The van der Waals surface area contributed by atoms with Gasteiger partial charge in [-0.3, -0.25) is 14.5 Å². The molecule has 1 amide bonds. The van der Waals surface area contributed by atoms with Gasteiger partial charge in [-0.1, -0.05) is 12.1 Å². The molecule has 2 aromatic rings. The molecule has 0 unspecified atom stereocenters. The van der Waals surface area contributed by atoms with Crippen LogP contribution in [0.15, 0.2) is 35.3 Å². The first-order valence-electron chi connectivity index (χ1n) is 9.37. The number of hydrogen-bond donors (Lipinski definition) is 3. The minimum atomic E-state index is -0.0959. The number of nitrogens with zero attached hydrogens (tertiary/aromatic N) is 3. The van der Waals surface area contributed by atoms with E-state index < -0.39 is 0 Å². The topological polar surface area (TPSA) is 92.6 Å². The maximum absolute atomic E-state index is 12.0. The predicted octanol–water partition coefficient (Wildman–Crippen LogP) is 1.38. The highest BCUT2D eigenvalue weighted by molar-refractivity contribution is 5.86. The van der Waals surface area contributed by atoms with Crippen molar-refractivity contribution in [1.82, 2.24) is 25.7 Å². The number of nitrogens with one attached hydrogen (secondary N) is 3. The Labute approximate surface area is 166 Å². The normalized spacial score (nSPS) is 11.2. The zero-order valence-corrected chi connectivity index (χ0v) is 17.1. The summed E-state index contributed by atoms with van der Waals surface area (Å²) < 4.78 is 7.12. The third kappa shape index (κ3) is 6.94. The first-order valence-corrected chi connectivity index (χ1v) is 9.37. The van der Waals surface area contributed by atoms with E-state index in [-0.39, 0.29) is 12.5 Å². The third-order valence-electron chi connectivity index (χ3n) is 4.23. The molecule has 28 heavy (non-hydrogen) atoms. The van der Waals surface area contributed by atoms with Gasteiger partial charge in [0.05, 0.1) is 19.3 Å². The molecule has 3 N–H and O–H groups in total. The number of ether oxygens (including phenoxy) is 1. The predicted molar refractivity (Wildman–Crippen MR) is 111 cm³/mol. The van der Waals surface area contributed by atoms with Crippen LogP contribution in [0.2, 0.25) is 0 Å². The molecule has 1 aromatic heterocycles. The van der Waals surface area contributed by atoms with Gasteiger partial charge >= 0.3 is 0 Å².